The van der Waals surface area contributed by atoms with Crippen LogP contribution in [-0.4, -0.2) is 21.0 Å². The highest BCUT2D eigenvalue weighted by Crippen LogP contribution is 2.33. The zero-order valence-electron chi connectivity index (χ0n) is 11.2. The van der Waals surface area contributed by atoms with Crippen molar-refractivity contribution in [2.45, 2.75) is 45.2 Å². The first-order chi connectivity index (χ1) is 8.19. The largest absolute Gasteiger partial charge is 0.368 e. The van der Waals surface area contributed by atoms with Gasteiger partial charge in [0, 0.05) is 11.1 Å². The third-order valence-corrected chi connectivity index (χ3v) is 2.89. The second-order valence-electron chi connectivity index (χ2n) is 6.00. The summed E-state index contributed by atoms with van der Waals surface area (Å²) in [5.74, 6) is -0.328. The minimum absolute atomic E-state index is 0.0986. The number of halogens is 1. The average molecular weight is 250 g/mol. The second kappa shape index (κ2) is 4.02. The molecule has 3 N–H and O–H groups in total. The van der Waals surface area contributed by atoms with Crippen LogP contribution in [0.25, 0.3) is 5.57 Å². The predicted octanol–water partition coefficient (Wildman–Crippen LogP) is 2.13. The normalized spacial score (nSPS) is 21.5. The number of nitrogen functional groups attached to an aromatic ring is 1. The fraction of sp³-hybridized carbons (Fsp3) is 0.538. The van der Waals surface area contributed by atoms with Gasteiger partial charge in [-0.3, -0.25) is 0 Å². The first-order valence-electron chi connectivity index (χ1n) is 5.98. The van der Waals surface area contributed by atoms with Gasteiger partial charge in [-0.05, 0) is 39.7 Å². The summed E-state index contributed by atoms with van der Waals surface area (Å²) in [6.45, 7) is 8.28. The van der Waals surface area contributed by atoms with Crippen LogP contribution < -0.4 is 11.1 Å². The first-order valence-corrected chi connectivity index (χ1v) is 5.98. The van der Waals surface area contributed by atoms with Crippen LogP contribution in [0.15, 0.2) is 12.3 Å². The number of anilines is 1. The van der Waals surface area contributed by atoms with E-state index in [0.717, 1.165) is 11.8 Å². The summed E-state index contributed by atoms with van der Waals surface area (Å²) in [4.78, 5) is 7.68. The fourth-order valence-corrected chi connectivity index (χ4v) is 2.67. The summed E-state index contributed by atoms with van der Waals surface area (Å²) >= 11 is 0. The van der Waals surface area contributed by atoms with Crippen LogP contribution in [0.1, 0.15) is 39.8 Å². The maximum Gasteiger partial charge on any atom is 0.220 e. The molecule has 18 heavy (non-hydrogen) atoms. The Balaban J connectivity index is 2.50. The molecule has 5 heteroatoms. The van der Waals surface area contributed by atoms with Crippen LogP contribution in [0, 0.1) is 5.82 Å². The molecule has 0 saturated heterocycles. The standard InChI is InChI=1S/C13H19FN4/c1-12(2)5-8(6-13(3,4)18-12)10-9(14)7-16-11(15)17-10/h5,7,18H,6H2,1-4H3,(H2,15,16,17). The SMILES string of the molecule is CC1(C)C=C(c2nc(N)ncc2F)CC(C)(C)N1. The van der Waals surface area contributed by atoms with Gasteiger partial charge in [-0.25, -0.2) is 14.4 Å². The van der Waals surface area contributed by atoms with E-state index in [1.165, 1.54) is 0 Å². The van der Waals surface area contributed by atoms with Crippen LogP contribution in [0.4, 0.5) is 10.3 Å². The van der Waals surface area contributed by atoms with E-state index in [2.05, 4.69) is 43.0 Å². The van der Waals surface area contributed by atoms with Crippen molar-refractivity contribution in [2.24, 2.45) is 0 Å². The summed E-state index contributed by atoms with van der Waals surface area (Å²) in [6.07, 6.45) is 3.83. The fourth-order valence-electron chi connectivity index (χ4n) is 2.67. The van der Waals surface area contributed by atoms with E-state index in [9.17, 15) is 4.39 Å². The van der Waals surface area contributed by atoms with Gasteiger partial charge in [0.1, 0.15) is 5.69 Å². The molecule has 0 amide bonds. The topological polar surface area (TPSA) is 63.8 Å². The Morgan fingerprint density at radius 2 is 2.00 bits per heavy atom. The molecule has 2 heterocycles. The maximum atomic E-state index is 13.8. The highest BCUT2D eigenvalue weighted by molar-refractivity contribution is 5.67. The Kier molecular flexibility index (Phi) is 2.89. The second-order valence-corrected chi connectivity index (χ2v) is 6.00. The van der Waals surface area contributed by atoms with Crippen LogP contribution in [0.5, 0.6) is 0 Å². The van der Waals surface area contributed by atoms with Gasteiger partial charge >= 0.3 is 0 Å². The van der Waals surface area contributed by atoms with Crippen molar-refractivity contribution < 1.29 is 4.39 Å². The minimum Gasteiger partial charge on any atom is -0.368 e. The lowest BCUT2D eigenvalue weighted by atomic mass is 9.82. The van der Waals surface area contributed by atoms with Crippen molar-refractivity contribution in [1.82, 2.24) is 15.3 Å². The molecule has 1 aromatic rings. The Morgan fingerprint density at radius 3 is 2.61 bits per heavy atom. The summed E-state index contributed by atoms with van der Waals surface area (Å²) < 4.78 is 13.8. The van der Waals surface area contributed by atoms with Crippen molar-refractivity contribution in [3.05, 3.63) is 23.8 Å². The van der Waals surface area contributed by atoms with Gasteiger partial charge in [-0.15, -0.1) is 0 Å². The van der Waals surface area contributed by atoms with Crippen LogP contribution in [0.3, 0.4) is 0 Å². The van der Waals surface area contributed by atoms with Gasteiger partial charge < -0.3 is 11.1 Å². The summed E-state index contributed by atoms with van der Waals surface area (Å²) in [7, 11) is 0. The molecule has 1 aromatic heterocycles. The molecule has 4 nitrogen and oxygen atoms in total. The van der Waals surface area contributed by atoms with E-state index in [-0.39, 0.29) is 17.0 Å². The quantitative estimate of drug-likeness (QED) is 0.801. The smallest absolute Gasteiger partial charge is 0.220 e. The van der Waals surface area contributed by atoms with Crippen molar-refractivity contribution in [2.75, 3.05) is 5.73 Å². The third kappa shape index (κ3) is 2.67. The third-order valence-electron chi connectivity index (χ3n) is 2.89. The van der Waals surface area contributed by atoms with Crippen LogP contribution in [-0.2, 0) is 0 Å². The molecule has 0 bridgehead atoms. The Labute approximate surface area is 107 Å². The lowest BCUT2D eigenvalue weighted by Crippen LogP contribution is -2.53. The lowest BCUT2D eigenvalue weighted by molar-refractivity contribution is 0.296. The number of nitrogens with two attached hydrogens (primary N) is 1. The molecule has 98 valence electrons. The Morgan fingerprint density at radius 1 is 1.33 bits per heavy atom. The van der Waals surface area contributed by atoms with Gasteiger partial charge in [-0.2, -0.15) is 0 Å². The molecule has 0 aromatic carbocycles. The molecule has 0 aliphatic carbocycles. The van der Waals surface area contributed by atoms with Crippen molar-refractivity contribution >= 4 is 11.5 Å². The number of rotatable bonds is 1. The highest BCUT2D eigenvalue weighted by Gasteiger charge is 2.33. The minimum atomic E-state index is -0.427. The van der Waals surface area contributed by atoms with E-state index >= 15 is 0 Å². The lowest BCUT2D eigenvalue weighted by Gasteiger charge is -2.41. The Bertz CT molecular complexity index is 506. The summed E-state index contributed by atoms with van der Waals surface area (Å²) in [6, 6.07) is 0. The average Bonchev–Trinajstić information content (AvgIpc) is 2.17. The number of hydrogen-bond acceptors (Lipinski definition) is 4. The molecule has 0 unspecified atom stereocenters. The molecule has 0 saturated carbocycles. The Hall–Kier alpha value is -1.49. The maximum absolute atomic E-state index is 13.8. The molecule has 0 radical (unpaired) electrons. The molecule has 0 atom stereocenters. The molecular formula is C13H19FN4. The van der Waals surface area contributed by atoms with Gasteiger partial charge in [-0.1, -0.05) is 6.08 Å². The van der Waals surface area contributed by atoms with E-state index in [4.69, 9.17) is 5.73 Å². The predicted molar refractivity (Wildman–Crippen MR) is 70.3 cm³/mol. The monoisotopic (exact) mass is 250 g/mol. The summed E-state index contributed by atoms with van der Waals surface area (Å²) in [5.41, 5.74) is 6.40. The first kappa shape index (κ1) is 13.0. The van der Waals surface area contributed by atoms with Crippen LogP contribution >= 0.6 is 0 Å². The number of nitrogens with zero attached hydrogens (tertiary/aromatic N) is 2. The van der Waals surface area contributed by atoms with Crippen molar-refractivity contribution in [3.8, 4) is 0 Å². The van der Waals surface area contributed by atoms with Crippen molar-refractivity contribution in [3.63, 3.8) is 0 Å². The molecule has 1 aliphatic heterocycles. The zero-order chi connectivity index (χ0) is 13.6. The van der Waals surface area contributed by atoms with E-state index in [1.807, 2.05) is 6.08 Å². The molecule has 1 aliphatic rings. The van der Waals surface area contributed by atoms with E-state index < -0.39 is 5.82 Å². The molecule has 2 rings (SSSR count). The van der Waals surface area contributed by atoms with Gasteiger partial charge in [0.25, 0.3) is 0 Å². The molecule has 0 spiro atoms. The van der Waals surface area contributed by atoms with Gasteiger partial charge in [0.15, 0.2) is 5.82 Å². The molecular weight excluding hydrogens is 231 g/mol. The molecule has 0 fully saturated rings. The van der Waals surface area contributed by atoms with E-state index in [0.29, 0.717) is 12.1 Å². The van der Waals surface area contributed by atoms with E-state index in [1.54, 1.807) is 0 Å². The number of aromatic nitrogens is 2. The number of hydrogen-bond donors (Lipinski definition) is 2. The zero-order valence-corrected chi connectivity index (χ0v) is 11.2. The van der Waals surface area contributed by atoms with Crippen LogP contribution in [0.2, 0.25) is 0 Å². The van der Waals surface area contributed by atoms with Gasteiger partial charge in [0.2, 0.25) is 5.95 Å². The summed E-state index contributed by atoms with van der Waals surface area (Å²) in [5, 5.41) is 3.49. The van der Waals surface area contributed by atoms with Gasteiger partial charge in [0.05, 0.1) is 6.20 Å². The highest BCUT2D eigenvalue weighted by atomic mass is 19.1. The number of nitrogens with one attached hydrogen (secondary N) is 1. The van der Waals surface area contributed by atoms with Crippen molar-refractivity contribution in [1.29, 1.82) is 0 Å².